The predicted octanol–water partition coefficient (Wildman–Crippen LogP) is 2.21. The average molecular weight is 539 g/mol. The van der Waals surface area contributed by atoms with Crippen molar-refractivity contribution in [2.75, 3.05) is 32.7 Å². The highest BCUT2D eigenvalue weighted by Crippen LogP contribution is 2.22. The smallest absolute Gasteiger partial charge is 0.410 e. The predicted molar refractivity (Wildman–Crippen MR) is 137 cm³/mol. The summed E-state index contributed by atoms with van der Waals surface area (Å²) in [5.74, 6) is -2.68. The molecule has 3 rings (SSSR count). The zero-order chi connectivity index (χ0) is 28.0. The van der Waals surface area contributed by atoms with Gasteiger partial charge in [-0.15, -0.1) is 0 Å². The number of unbranched alkanes of at least 4 members (excludes halogenated alkanes) is 1. The van der Waals surface area contributed by atoms with E-state index in [2.05, 4.69) is 10.6 Å². The van der Waals surface area contributed by atoms with Crippen LogP contribution in [0, 0.1) is 17.6 Å². The number of halogens is 2. The van der Waals surface area contributed by atoms with Crippen LogP contribution in [-0.2, 0) is 20.7 Å². The third-order valence-corrected chi connectivity index (χ3v) is 6.79. The van der Waals surface area contributed by atoms with Gasteiger partial charge in [0, 0.05) is 45.2 Å². The molecule has 3 amide bonds. The van der Waals surface area contributed by atoms with E-state index in [4.69, 9.17) is 4.74 Å². The molecule has 2 unspecified atom stereocenters. The number of piperazine rings is 1. The molecule has 2 saturated heterocycles. The molecule has 1 aromatic carbocycles. The third-order valence-electron chi connectivity index (χ3n) is 6.79. The number of benzene rings is 1. The summed E-state index contributed by atoms with van der Waals surface area (Å²) in [4.78, 5) is 41.7. The zero-order valence-corrected chi connectivity index (χ0v) is 22.6. The molecule has 2 aliphatic rings. The maximum absolute atomic E-state index is 13.9. The first-order valence-corrected chi connectivity index (χ1v) is 13.3. The Kier molecular flexibility index (Phi) is 10.1. The molecule has 2 aliphatic heterocycles. The first kappa shape index (κ1) is 29.8. The molecule has 212 valence electrons. The molecule has 0 radical (unpaired) electrons. The molecule has 1 aromatic rings. The highest BCUT2D eigenvalue weighted by molar-refractivity contribution is 5.89. The third kappa shape index (κ3) is 8.10. The molecule has 4 atom stereocenters. The van der Waals surface area contributed by atoms with Gasteiger partial charge in [0.2, 0.25) is 11.8 Å². The summed E-state index contributed by atoms with van der Waals surface area (Å²) in [6.07, 6.45) is -0.163. The van der Waals surface area contributed by atoms with Crippen LogP contribution in [0.1, 0.15) is 52.5 Å². The first-order valence-electron chi connectivity index (χ1n) is 13.3. The van der Waals surface area contributed by atoms with Gasteiger partial charge in [-0.05, 0) is 51.3 Å². The fraction of sp³-hybridized carbons (Fsp3) is 0.667. The summed E-state index contributed by atoms with van der Waals surface area (Å²) in [6, 6.07) is 1.28. The van der Waals surface area contributed by atoms with Gasteiger partial charge in [-0.3, -0.25) is 14.5 Å². The molecule has 0 aromatic heterocycles. The Morgan fingerprint density at radius 2 is 1.92 bits per heavy atom. The summed E-state index contributed by atoms with van der Waals surface area (Å²) in [5, 5.41) is 17.5. The Hall–Kier alpha value is -2.79. The lowest BCUT2D eigenvalue weighted by molar-refractivity contribution is -0.129. The van der Waals surface area contributed by atoms with Crippen molar-refractivity contribution in [1.29, 1.82) is 0 Å². The maximum Gasteiger partial charge on any atom is 0.410 e. The molecular weight excluding hydrogens is 498 g/mol. The highest BCUT2D eigenvalue weighted by atomic mass is 19.1. The van der Waals surface area contributed by atoms with E-state index in [1.807, 2.05) is 6.92 Å². The van der Waals surface area contributed by atoms with Crippen LogP contribution >= 0.6 is 0 Å². The van der Waals surface area contributed by atoms with E-state index >= 15 is 0 Å². The quantitative estimate of drug-likeness (QED) is 0.445. The van der Waals surface area contributed by atoms with Gasteiger partial charge in [0.1, 0.15) is 17.2 Å². The van der Waals surface area contributed by atoms with Crippen molar-refractivity contribution in [1.82, 2.24) is 20.4 Å². The summed E-state index contributed by atoms with van der Waals surface area (Å²) in [7, 11) is 0. The summed E-state index contributed by atoms with van der Waals surface area (Å²) in [5.41, 5.74) is -0.505. The Morgan fingerprint density at radius 3 is 2.55 bits per heavy atom. The highest BCUT2D eigenvalue weighted by Gasteiger charge is 2.40. The van der Waals surface area contributed by atoms with E-state index in [1.165, 1.54) is 4.90 Å². The van der Waals surface area contributed by atoms with Crippen molar-refractivity contribution in [3.63, 3.8) is 0 Å². The molecule has 9 nitrogen and oxygen atoms in total. The van der Waals surface area contributed by atoms with Crippen LogP contribution in [0.4, 0.5) is 13.6 Å². The van der Waals surface area contributed by atoms with Gasteiger partial charge in [-0.2, -0.15) is 0 Å². The lowest BCUT2D eigenvalue weighted by atomic mass is 9.93. The fourth-order valence-electron chi connectivity index (χ4n) is 4.90. The Labute approximate surface area is 222 Å². The normalized spacial score (nSPS) is 21.8. The second kappa shape index (κ2) is 12.8. The minimum absolute atomic E-state index is 0.0575. The van der Waals surface area contributed by atoms with Gasteiger partial charge in [-0.1, -0.05) is 13.3 Å². The number of nitrogens with one attached hydrogen (secondary N) is 2. The van der Waals surface area contributed by atoms with Crippen LogP contribution < -0.4 is 10.6 Å². The second-order valence-electron chi connectivity index (χ2n) is 11.1. The number of aliphatic hydroxyl groups excluding tert-OH is 1. The van der Waals surface area contributed by atoms with Crippen molar-refractivity contribution in [3.05, 3.63) is 35.4 Å². The number of carbonyl (C=O) groups excluding carboxylic acids is 3. The molecule has 38 heavy (non-hydrogen) atoms. The summed E-state index contributed by atoms with van der Waals surface area (Å²) >= 11 is 0. The van der Waals surface area contributed by atoms with Gasteiger partial charge in [0.25, 0.3) is 0 Å². The molecule has 0 spiro atoms. The van der Waals surface area contributed by atoms with E-state index < -0.39 is 53.3 Å². The van der Waals surface area contributed by atoms with E-state index in [9.17, 15) is 28.3 Å². The second-order valence-corrected chi connectivity index (χ2v) is 11.1. The molecule has 2 fully saturated rings. The van der Waals surface area contributed by atoms with E-state index in [1.54, 1.807) is 25.7 Å². The number of rotatable bonds is 9. The van der Waals surface area contributed by atoms with Crippen molar-refractivity contribution < 1.29 is 33.0 Å². The van der Waals surface area contributed by atoms with Crippen molar-refractivity contribution >= 4 is 17.9 Å². The van der Waals surface area contributed by atoms with E-state index in [0.717, 1.165) is 31.0 Å². The maximum atomic E-state index is 13.9. The number of amides is 3. The number of likely N-dealkylation sites (tertiary alicyclic amines) is 1. The lowest BCUT2D eigenvalue weighted by Crippen LogP contribution is -2.63. The van der Waals surface area contributed by atoms with Crippen molar-refractivity contribution in [2.45, 2.75) is 77.2 Å². The molecule has 0 aliphatic carbocycles. The van der Waals surface area contributed by atoms with Crippen molar-refractivity contribution in [2.24, 2.45) is 5.92 Å². The van der Waals surface area contributed by atoms with Crippen LogP contribution in [0.15, 0.2) is 18.2 Å². The number of nitrogens with zero attached hydrogens (tertiary/aromatic N) is 2. The number of ether oxygens (including phenoxy) is 1. The van der Waals surface area contributed by atoms with Gasteiger partial charge < -0.3 is 25.4 Å². The van der Waals surface area contributed by atoms with E-state index in [0.29, 0.717) is 13.1 Å². The topological polar surface area (TPSA) is 111 Å². The minimum atomic E-state index is -1.29. The van der Waals surface area contributed by atoms with Crippen LogP contribution in [0.25, 0.3) is 0 Å². The zero-order valence-electron chi connectivity index (χ0n) is 22.6. The lowest BCUT2D eigenvalue weighted by Gasteiger charge is -2.41. The van der Waals surface area contributed by atoms with Gasteiger partial charge >= 0.3 is 6.09 Å². The number of hydrogen-bond acceptors (Lipinski definition) is 6. The standard InChI is InChI=1S/C27H40F2N4O5/c1-5-6-8-32-16-18(13-23(32)34)25(36)31-21(12-17-10-19(28)14-20(29)11-17)24(35)22-15-30-7-9-33(22)26(37)38-27(2,3)4/h10-11,14,18,21-22,24,30,35H,5-9,12-13,15-16H2,1-4H3,(H,31,36)/t18?,21?,22-,24+/m1/s1. The molecule has 0 saturated carbocycles. The van der Waals surface area contributed by atoms with Gasteiger partial charge in [-0.25, -0.2) is 13.6 Å². The molecule has 2 heterocycles. The van der Waals surface area contributed by atoms with Gasteiger partial charge in [0.05, 0.1) is 24.1 Å². The Balaban J connectivity index is 1.82. The Morgan fingerprint density at radius 1 is 1.24 bits per heavy atom. The summed E-state index contributed by atoms with van der Waals surface area (Å²) in [6.45, 7) is 9.10. The Bertz CT molecular complexity index is 982. The van der Waals surface area contributed by atoms with Crippen LogP contribution in [0.3, 0.4) is 0 Å². The number of hydrogen-bond donors (Lipinski definition) is 3. The van der Waals surface area contributed by atoms with Crippen LogP contribution in [0.2, 0.25) is 0 Å². The van der Waals surface area contributed by atoms with Crippen LogP contribution in [0.5, 0.6) is 0 Å². The SMILES string of the molecule is CCCCN1CC(C(=O)NC(Cc2cc(F)cc(F)c2)[C@H](O)[C@H]2CNCCN2C(=O)OC(C)(C)C)CC1=O. The monoisotopic (exact) mass is 538 g/mol. The summed E-state index contributed by atoms with van der Waals surface area (Å²) < 4.78 is 33.4. The number of carbonyl (C=O) groups is 3. The molecule has 11 heteroatoms. The van der Waals surface area contributed by atoms with E-state index in [-0.39, 0.29) is 43.9 Å². The molecule has 0 bridgehead atoms. The fourth-order valence-corrected chi connectivity index (χ4v) is 4.90. The minimum Gasteiger partial charge on any atom is -0.444 e. The van der Waals surface area contributed by atoms with Crippen LogP contribution in [-0.4, -0.2) is 89.3 Å². The largest absolute Gasteiger partial charge is 0.444 e. The first-order chi connectivity index (χ1) is 17.9. The molecular formula is C27H40F2N4O5. The van der Waals surface area contributed by atoms with Gasteiger partial charge in [0.15, 0.2) is 0 Å². The average Bonchev–Trinajstić information content (AvgIpc) is 3.20. The molecule has 3 N–H and O–H groups in total. The number of aliphatic hydroxyl groups is 1. The van der Waals surface area contributed by atoms with Crippen molar-refractivity contribution in [3.8, 4) is 0 Å².